The van der Waals surface area contributed by atoms with E-state index in [-0.39, 0.29) is 12.3 Å². The number of aryl methyl sites for hydroxylation is 1. The van der Waals surface area contributed by atoms with Gasteiger partial charge in [-0.05, 0) is 28.8 Å². The van der Waals surface area contributed by atoms with Crippen molar-refractivity contribution in [3.05, 3.63) is 66.0 Å². The Morgan fingerprint density at radius 2 is 1.96 bits per heavy atom. The Kier molecular flexibility index (Phi) is 5.31. The number of aromatic nitrogens is 2. The third-order valence-corrected chi connectivity index (χ3v) is 4.21. The summed E-state index contributed by atoms with van der Waals surface area (Å²) < 4.78 is 1.71. The van der Waals surface area contributed by atoms with Crippen LogP contribution in [-0.4, -0.2) is 26.8 Å². The topological polar surface area (TPSA) is 84.2 Å². The van der Waals surface area contributed by atoms with Crippen molar-refractivity contribution in [3.8, 4) is 0 Å². The first-order valence-electron chi connectivity index (χ1n) is 8.60. The third-order valence-electron chi connectivity index (χ3n) is 4.21. The zero-order valence-corrected chi connectivity index (χ0v) is 14.6. The lowest BCUT2D eigenvalue weighted by atomic mass is 9.99. The number of rotatable bonds is 7. The molecule has 0 aliphatic rings. The summed E-state index contributed by atoms with van der Waals surface area (Å²) >= 11 is 0. The van der Waals surface area contributed by atoms with E-state index in [1.54, 1.807) is 10.9 Å². The van der Waals surface area contributed by atoms with E-state index in [4.69, 9.17) is 0 Å². The number of carboxylic acids is 1. The number of aliphatic carboxylic acids is 1. The molecule has 0 saturated carbocycles. The molecule has 26 heavy (non-hydrogen) atoms. The van der Waals surface area contributed by atoms with Gasteiger partial charge in [-0.3, -0.25) is 14.3 Å². The monoisotopic (exact) mass is 351 g/mol. The zero-order valence-electron chi connectivity index (χ0n) is 14.6. The van der Waals surface area contributed by atoms with Gasteiger partial charge in [-0.2, -0.15) is 5.10 Å². The molecule has 0 aliphatic heterocycles. The SMILES string of the molecule is CCCn1cc(C(=O)N[C@@H](CC(=O)O)c2ccc3ccccc3c2)cn1. The van der Waals surface area contributed by atoms with Crippen molar-refractivity contribution in [2.75, 3.05) is 0 Å². The lowest BCUT2D eigenvalue weighted by Gasteiger charge is -2.17. The minimum Gasteiger partial charge on any atom is -0.481 e. The molecule has 0 fully saturated rings. The Hall–Kier alpha value is -3.15. The van der Waals surface area contributed by atoms with Gasteiger partial charge in [0, 0.05) is 12.7 Å². The number of carbonyl (C=O) groups excluding carboxylic acids is 1. The number of nitrogens with one attached hydrogen (secondary N) is 1. The van der Waals surface area contributed by atoms with Crippen LogP contribution in [0.5, 0.6) is 0 Å². The van der Waals surface area contributed by atoms with Gasteiger partial charge < -0.3 is 10.4 Å². The average molecular weight is 351 g/mol. The molecule has 3 rings (SSSR count). The maximum atomic E-state index is 12.5. The number of amides is 1. The first-order chi connectivity index (χ1) is 12.6. The average Bonchev–Trinajstić information content (AvgIpc) is 3.09. The number of hydrogen-bond acceptors (Lipinski definition) is 3. The zero-order chi connectivity index (χ0) is 18.5. The fourth-order valence-electron chi connectivity index (χ4n) is 2.93. The summed E-state index contributed by atoms with van der Waals surface area (Å²) in [7, 11) is 0. The molecule has 2 aromatic carbocycles. The highest BCUT2D eigenvalue weighted by atomic mass is 16.4. The quantitative estimate of drug-likeness (QED) is 0.683. The van der Waals surface area contributed by atoms with Crippen molar-refractivity contribution < 1.29 is 14.7 Å². The molecule has 0 unspecified atom stereocenters. The molecule has 1 atom stereocenters. The molecule has 6 heteroatoms. The van der Waals surface area contributed by atoms with Gasteiger partial charge in [0.15, 0.2) is 0 Å². The molecule has 0 saturated heterocycles. The van der Waals surface area contributed by atoms with Crippen molar-refractivity contribution in [1.82, 2.24) is 15.1 Å². The van der Waals surface area contributed by atoms with Crippen LogP contribution in [0.4, 0.5) is 0 Å². The van der Waals surface area contributed by atoms with E-state index in [1.807, 2.05) is 49.4 Å². The fraction of sp³-hybridized carbons (Fsp3) is 0.250. The summed E-state index contributed by atoms with van der Waals surface area (Å²) in [6.45, 7) is 2.76. The van der Waals surface area contributed by atoms with Crippen LogP contribution in [0, 0.1) is 0 Å². The molecular formula is C20H21N3O3. The largest absolute Gasteiger partial charge is 0.481 e. The van der Waals surface area contributed by atoms with E-state index >= 15 is 0 Å². The third kappa shape index (κ3) is 4.08. The van der Waals surface area contributed by atoms with Crippen molar-refractivity contribution >= 4 is 22.6 Å². The van der Waals surface area contributed by atoms with Crippen LogP contribution in [0.1, 0.15) is 41.7 Å². The predicted molar refractivity (Wildman–Crippen MR) is 98.9 cm³/mol. The molecule has 0 bridgehead atoms. The standard InChI is InChI=1S/C20H21N3O3/c1-2-9-23-13-17(12-21-23)20(26)22-18(11-19(24)25)16-8-7-14-5-3-4-6-15(14)10-16/h3-8,10,12-13,18H,2,9,11H2,1H3,(H,22,26)(H,24,25)/t18-/m0/s1. The first kappa shape index (κ1) is 17.7. The van der Waals surface area contributed by atoms with Crippen molar-refractivity contribution in [3.63, 3.8) is 0 Å². The van der Waals surface area contributed by atoms with Crippen molar-refractivity contribution in [2.24, 2.45) is 0 Å². The summed E-state index contributed by atoms with van der Waals surface area (Å²) in [5.74, 6) is -1.29. The molecule has 2 N–H and O–H groups in total. The summed E-state index contributed by atoms with van der Waals surface area (Å²) in [6, 6.07) is 12.9. The summed E-state index contributed by atoms with van der Waals surface area (Å²) in [5, 5.41) is 18.3. The van der Waals surface area contributed by atoms with Crippen LogP contribution >= 0.6 is 0 Å². The van der Waals surface area contributed by atoms with Gasteiger partial charge in [0.25, 0.3) is 5.91 Å². The fourth-order valence-corrected chi connectivity index (χ4v) is 2.93. The van der Waals surface area contributed by atoms with E-state index in [0.717, 1.165) is 29.3 Å². The summed E-state index contributed by atoms with van der Waals surface area (Å²) in [6.07, 6.45) is 3.91. The van der Waals surface area contributed by atoms with Crippen LogP contribution in [0.2, 0.25) is 0 Å². The smallest absolute Gasteiger partial charge is 0.305 e. The molecular weight excluding hydrogens is 330 g/mol. The number of benzene rings is 2. The molecule has 3 aromatic rings. The van der Waals surface area contributed by atoms with Crippen LogP contribution in [-0.2, 0) is 11.3 Å². The molecule has 1 heterocycles. The molecule has 1 amide bonds. The van der Waals surface area contributed by atoms with E-state index < -0.39 is 12.0 Å². The Morgan fingerprint density at radius 1 is 1.19 bits per heavy atom. The lowest BCUT2D eigenvalue weighted by Crippen LogP contribution is -2.30. The van der Waals surface area contributed by atoms with E-state index in [2.05, 4.69) is 10.4 Å². The predicted octanol–water partition coefficient (Wildman–Crippen LogP) is 3.39. The second kappa shape index (κ2) is 7.82. The van der Waals surface area contributed by atoms with Gasteiger partial charge in [-0.25, -0.2) is 0 Å². The Labute approximate surface area is 151 Å². The van der Waals surface area contributed by atoms with Gasteiger partial charge >= 0.3 is 5.97 Å². The minimum atomic E-state index is -0.967. The Morgan fingerprint density at radius 3 is 2.69 bits per heavy atom. The molecule has 0 radical (unpaired) electrons. The molecule has 0 aliphatic carbocycles. The van der Waals surface area contributed by atoms with E-state index in [1.165, 1.54) is 6.20 Å². The highest BCUT2D eigenvalue weighted by molar-refractivity contribution is 5.94. The molecule has 0 spiro atoms. The van der Waals surface area contributed by atoms with Gasteiger partial charge in [0.2, 0.25) is 0 Å². The second-order valence-electron chi connectivity index (χ2n) is 6.22. The highest BCUT2D eigenvalue weighted by Crippen LogP contribution is 2.23. The van der Waals surface area contributed by atoms with E-state index in [9.17, 15) is 14.7 Å². The number of nitrogens with zero attached hydrogens (tertiary/aromatic N) is 2. The Bertz CT molecular complexity index is 933. The number of fused-ring (bicyclic) bond motifs is 1. The molecule has 6 nitrogen and oxygen atoms in total. The van der Waals surface area contributed by atoms with Gasteiger partial charge in [-0.15, -0.1) is 0 Å². The maximum absolute atomic E-state index is 12.5. The van der Waals surface area contributed by atoms with Crippen LogP contribution in [0.3, 0.4) is 0 Å². The number of hydrogen-bond donors (Lipinski definition) is 2. The molecule has 1 aromatic heterocycles. The summed E-state index contributed by atoms with van der Waals surface area (Å²) in [5.41, 5.74) is 1.19. The summed E-state index contributed by atoms with van der Waals surface area (Å²) in [4.78, 5) is 23.8. The van der Waals surface area contributed by atoms with Gasteiger partial charge in [0.05, 0.1) is 24.2 Å². The van der Waals surface area contributed by atoms with E-state index in [0.29, 0.717) is 5.56 Å². The van der Waals surface area contributed by atoms with Gasteiger partial charge in [-0.1, -0.05) is 43.3 Å². The second-order valence-corrected chi connectivity index (χ2v) is 6.22. The van der Waals surface area contributed by atoms with Crippen molar-refractivity contribution in [2.45, 2.75) is 32.4 Å². The van der Waals surface area contributed by atoms with Crippen molar-refractivity contribution in [1.29, 1.82) is 0 Å². The number of carboxylic acid groups (broad SMARTS) is 1. The Balaban J connectivity index is 1.84. The van der Waals surface area contributed by atoms with Gasteiger partial charge in [0.1, 0.15) is 0 Å². The maximum Gasteiger partial charge on any atom is 0.305 e. The van der Waals surface area contributed by atoms with Crippen LogP contribution in [0.15, 0.2) is 54.9 Å². The first-order valence-corrected chi connectivity index (χ1v) is 8.60. The lowest BCUT2D eigenvalue weighted by molar-refractivity contribution is -0.137. The van der Waals surface area contributed by atoms with Crippen LogP contribution in [0.25, 0.3) is 10.8 Å². The normalized spacial score (nSPS) is 12.0. The molecule has 134 valence electrons. The van der Waals surface area contributed by atoms with Crippen LogP contribution < -0.4 is 5.32 Å². The number of carbonyl (C=O) groups is 2. The highest BCUT2D eigenvalue weighted by Gasteiger charge is 2.20. The minimum absolute atomic E-state index is 0.187.